The van der Waals surface area contributed by atoms with Gasteiger partial charge in [0.05, 0.1) is 18.6 Å². The van der Waals surface area contributed by atoms with E-state index in [0.717, 1.165) is 77.1 Å². The molecule has 0 bridgehead atoms. The molecule has 1 N–H and O–H groups in total. The second kappa shape index (κ2) is 11.1. The Morgan fingerprint density at radius 3 is 2.75 bits per heavy atom. The van der Waals surface area contributed by atoms with Crippen LogP contribution in [0.4, 0.5) is 10.1 Å². The van der Waals surface area contributed by atoms with Gasteiger partial charge in [-0.3, -0.25) is 14.5 Å². The molecule has 0 unspecified atom stereocenters. The van der Waals surface area contributed by atoms with Crippen LogP contribution in [0.25, 0.3) is 0 Å². The standard InChI is InChI=1S/C29H36FN3O3/c30-24-8-2-7-23(20-24)27(34)31-25-9-3-11-29(21-25)12-14-33(28(29)35)26-10-1-5-22(19-26)6-4-13-32-15-17-36-18-16-32/h1-2,5,7-8,10,19-20,25H,3-4,6,9,11-18,21H2,(H,31,34)/t25-,29-/m0/s1. The van der Waals surface area contributed by atoms with Crippen LogP contribution >= 0.6 is 0 Å². The first-order valence-electron chi connectivity index (χ1n) is 13.3. The number of anilines is 1. The van der Waals surface area contributed by atoms with Crippen molar-refractivity contribution in [3.05, 3.63) is 65.5 Å². The number of hydrogen-bond acceptors (Lipinski definition) is 4. The molecular weight excluding hydrogens is 457 g/mol. The summed E-state index contributed by atoms with van der Waals surface area (Å²) in [4.78, 5) is 30.8. The second-order valence-corrected chi connectivity index (χ2v) is 10.5. The minimum Gasteiger partial charge on any atom is -0.379 e. The van der Waals surface area contributed by atoms with E-state index in [2.05, 4.69) is 28.4 Å². The van der Waals surface area contributed by atoms with Crippen LogP contribution in [-0.4, -0.2) is 62.1 Å². The number of hydrogen-bond donors (Lipinski definition) is 1. The van der Waals surface area contributed by atoms with E-state index in [4.69, 9.17) is 4.74 Å². The summed E-state index contributed by atoms with van der Waals surface area (Å²) in [6.07, 6.45) is 6.13. The molecule has 2 aliphatic heterocycles. The highest BCUT2D eigenvalue weighted by atomic mass is 19.1. The molecule has 3 aliphatic rings. The van der Waals surface area contributed by atoms with Gasteiger partial charge in [0.15, 0.2) is 0 Å². The number of halogens is 1. The van der Waals surface area contributed by atoms with Gasteiger partial charge in [-0.05, 0) is 81.0 Å². The highest BCUT2D eigenvalue weighted by Gasteiger charge is 2.49. The molecule has 192 valence electrons. The Hall–Kier alpha value is -2.77. The number of amides is 2. The van der Waals surface area contributed by atoms with Crippen LogP contribution in [0.2, 0.25) is 0 Å². The lowest BCUT2D eigenvalue weighted by Gasteiger charge is -2.37. The zero-order valence-corrected chi connectivity index (χ0v) is 20.9. The summed E-state index contributed by atoms with van der Waals surface area (Å²) in [7, 11) is 0. The van der Waals surface area contributed by atoms with Crippen molar-refractivity contribution in [1.82, 2.24) is 10.2 Å². The Bertz CT molecular complexity index is 1090. The van der Waals surface area contributed by atoms with E-state index in [1.165, 1.54) is 17.7 Å². The molecule has 7 heteroatoms. The van der Waals surface area contributed by atoms with E-state index < -0.39 is 11.2 Å². The van der Waals surface area contributed by atoms with Gasteiger partial charge in [0.2, 0.25) is 5.91 Å². The summed E-state index contributed by atoms with van der Waals surface area (Å²) in [6, 6.07) is 14.1. The molecule has 36 heavy (non-hydrogen) atoms. The van der Waals surface area contributed by atoms with Crippen LogP contribution in [0.1, 0.15) is 54.4 Å². The maximum atomic E-state index is 13.7. The zero-order valence-electron chi connectivity index (χ0n) is 20.9. The van der Waals surface area contributed by atoms with Gasteiger partial charge < -0.3 is 15.0 Å². The monoisotopic (exact) mass is 493 g/mol. The number of aryl methyl sites for hydroxylation is 1. The Morgan fingerprint density at radius 1 is 1.08 bits per heavy atom. The SMILES string of the molecule is O=C(N[C@H]1CCC[C@]2(CCN(c3cccc(CCCN4CCOCC4)c3)C2=O)C1)c1cccc(F)c1. The van der Waals surface area contributed by atoms with Gasteiger partial charge in [0.1, 0.15) is 5.82 Å². The second-order valence-electron chi connectivity index (χ2n) is 10.5. The molecule has 2 aromatic carbocycles. The third-order valence-corrected chi connectivity index (χ3v) is 8.05. The van der Waals surface area contributed by atoms with Gasteiger partial charge in [-0.2, -0.15) is 0 Å². The van der Waals surface area contributed by atoms with Crippen molar-refractivity contribution < 1.29 is 18.7 Å². The quantitative estimate of drug-likeness (QED) is 0.629. The number of carbonyl (C=O) groups is 2. The predicted molar refractivity (Wildman–Crippen MR) is 138 cm³/mol. The van der Waals surface area contributed by atoms with E-state index >= 15 is 0 Å². The first-order valence-corrected chi connectivity index (χ1v) is 13.3. The number of rotatable bonds is 7. The molecule has 1 saturated carbocycles. The van der Waals surface area contributed by atoms with Gasteiger partial charge >= 0.3 is 0 Å². The molecule has 1 spiro atoms. The number of ether oxygens (including phenoxy) is 1. The van der Waals surface area contributed by atoms with E-state index in [9.17, 15) is 14.0 Å². The van der Waals surface area contributed by atoms with Crippen molar-refractivity contribution in [2.75, 3.05) is 44.3 Å². The highest BCUT2D eigenvalue weighted by molar-refractivity contribution is 6.00. The zero-order chi connectivity index (χ0) is 25.0. The van der Waals surface area contributed by atoms with Crippen molar-refractivity contribution in [2.45, 2.75) is 51.0 Å². The third kappa shape index (κ3) is 5.62. The maximum Gasteiger partial charge on any atom is 0.251 e. The van der Waals surface area contributed by atoms with Crippen LogP contribution in [-0.2, 0) is 16.0 Å². The summed E-state index contributed by atoms with van der Waals surface area (Å²) < 4.78 is 19.0. The average Bonchev–Trinajstić information content (AvgIpc) is 3.19. The highest BCUT2D eigenvalue weighted by Crippen LogP contribution is 2.46. The number of nitrogens with one attached hydrogen (secondary N) is 1. The summed E-state index contributed by atoms with van der Waals surface area (Å²) in [5, 5.41) is 3.06. The lowest BCUT2D eigenvalue weighted by molar-refractivity contribution is -0.127. The van der Waals surface area contributed by atoms with Crippen molar-refractivity contribution >= 4 is 17.5 Å². The van der Waals surface area contributed by atoms with Crippen molar-refractivity contribution in [1.29, 1.82) is 0 Å². The molecule has 1 aliphatic carbocycles. The molecular formula is C29H36FN3O3. The Morgan fingerprint density at radius 2 is 1.92 bits per heavy atom. The summed E-state index contributed by atoms with van der Waals surface area (Å²) in [5.41, 5.74) is 2.13. The fraction of sp³-hybridized carbons (Fsp3) is 0.517. The average molecular weight is 494 g/mol. The van der Waals surface area contributed by atoms with Crippen LogP contribution in [0.15, 0.2) is 48.5 Å². The molecule has 5 rings (SSSR count). The molecule has 6 nitrogen and oxygen atoms in total. The van der Waals surface area contributed by atoms with Crippen LogP contribution in [0.5, 0.6) is 0 Å². The van der Waals surface area contributed by atoms with Crippen molar-refractivity contribution in [3.63, 3.8) is 0 Å². The number of carbonyl (C=O) groups excluding carboxylic acids is 2. The Labute approximate surface area is 212 Å². The Kier molecular flexibility index (Phi) is 7.67. The van der Waals surface area contributed by atoms with Crippen LogP contribution in [0, 0.1) is 11.2 Å². The fourth-order valence-electron chi connectivity index (χ4n) is 6.08. The summed E-state index contributed by atoms with van der Waals surface area (Å²) in [6.45, 7) is 5.44. The van der Waals surface area contributed by atoms with E-state index in [1.807, 2.05) is 11.0 Å². The van der Waals surface area contributed by atoms with Gasteiger partial charge in [-0.15, -0.1) is 0 Å². The van der Waals surface area contributed by atoms with E-state index in [-0.39, 0.29) is 17.9 Å². The number of nitrogens with zero attached hydrogens (tertiary/aromatic N) is 2. The minimum absolute atomic E-state index is 0.0788. The van der Waals surface area contributed by atoms with E-state index in [0.29, 0.717) is 18.5 Å². The molecule has 3 fully saturated rings. The van der Waals surface area contributed by atoms with Crippen molar-refractivity contribution in [2.24, 2.45) is 5.41 Å². The first-order chi connectivity index (χ1) is 17.5. The molecule has 2 saturated heterocycles. The molecule has 0 aromatic heterocycles. The number of morpholine rings is 1. The predicted octanol–water partition coefficient (Wildman–Crippen LogP) is 4.19. The maximum absolute atomic E-state index is 13.7. The molecule has 2 heterocycles. The van der Waals surface area contributed by atoms with Gasteiger partial charge in [0.25, 0.3) is 5.91 Å². The number of benzene rings is 2. The molecule has 2 aromatic rings. The van der Waals surface area contributed by atoms with Crippen LogP contribution in [0.3, 0.4) is 0 Å². The van der Waals surface area contributed by atoms with E-state index in [1.54, 1.807) is 12.1 Å². The molecule has 0 radical (unpaired) electrons. The van der Waals surface area contributed by atoms with Gasteiger partial charge in [0, 0.05) is 36.9 Å². The molecule has 2 atom stereocenters. The summed E-state index contributed by atoms with van der Waals surface area (Å²) >= 11 is 0. The van der Waals surface area contributed by atoms with Gasteiger partial charge in [-0.1, -0.05) is 24.6 Å². The topological polar surface area (TPSA) is 61.9 Å². The Balaban J connectivity index is 1.19. The molecule has 2 amide bonds. The normalized spacial score (nSPS) is 24.9. The smallest absolute Gasteiger partial charge is 0.251 e. The third-order valence-electron chi connectivity index (χ3n) is 8.05. The lowest BCUT2D eigenvalue weighted by atomic mass is 9.71. The van der Waals surface area contributed by atoms with Crippen molar-refractivity contribution in [3.8, 4) is 0 Å². The first kappa shape index (κ1) is 24.9. The fourth-order valence-corrected chi connectivity index (χ4v) is 6.08. The lowest BCUT2D eigenvalue weighted by Crippen LogP contribution is -2.46. The van der Waals surface area contributed by atoms with Gasteiger partial charge in [-0.25, -0.2) is 4.39 Å². The largest absolute Gasteiger partial charge is 0.379 e. The van der Waals surface area contributed by atoms with Crippen LogP contribution < -0.4 is 10.2 Å². The summed E-state index contributed by atoms with van der Waals surface area (Å²) in [5.74, 6) is -0.519. The minimum atomic E-state index is -0.426.